The quantitative estimate of drug-likeness (QED) is 0.0791. The van der Waals surface area contributed by atoms with Gasteiger partial charge in [0.05, 0.1) is 0 Å². The first kappa shape index (κ1) is 139. The van der Waals surface area contributed by atoms with Crippen LogP contribution in [0.5, 0.6) is 0 Å². The van der Waals surface area contributed by atoms with E-state index in [1.54, 1.807) is 0 Å². The van der Waals surface area contributed by atoms with Crippen LogP contribution >= 0.6 is 235 Å². The molecular weight excluding hydrogens is 2460 g/mol. The Bertz CT molecular complexity index is 3670. The molecule has 5 saturated heterocycles. The number of hydrogen-bond donors (Lipinski definition) is 26. The molecule has 6 atom stereocenters. The smallest absolute Gasteiger partial charge is 0.756 e. The molecule has 0 amide bonds. The Morgan fingerprint density at radius 1 is 0.0968 bits per heavy atom. The van der Waals surface area contributed by atoms with Gasteiger partial charge in [-0.15, -0.1) is 0 Å². The summed E-state index contributed by atoms with van der Waals surface area (Å²) in [6.07, 6.45) is 0. The molecule has 5 aliphatic heterocycles. The Morgan fingerprint density at radius 2 is 0.137 bits per heavy atom. The molecule has 0 radical (unpaired) electrons. The van der Waals surface area contributed by atoms with Gasteiger partial charge in [-0.2, -0.15) is 108 Å². The van der Waals surface area contributed by atoms with E-state index in [9.17, 15) is 157 Å². The third kappa shape index (κ3) is 61.6. The average Bonchev–Trinajstić information content (AvgIpc) is 0.807. The van der Waals surface area contributed by atoms with Crippen molar-refractivity contribution in [1.82, 2.24) is 0 Å². The normalized spacial score (nSPS) is 53.5. The maximum atomic E-state index is 11.2. The van der Waals surface area contributed by atoms with E-state index in [0.717, 1.165) is 0 Å². The van der Waals surface area contributed by atoms with E-state index < -0.39 is 235 Å². The van der Waals surface area contributed by atoms with Gasteiger partial charge in [0.2, 0.25) is 0 Å². The van der Waals surface area contributed by atoms with E-state index in [-0.39, 0.29) is 118 Å². The summed E-state index contributed by atoms with van der Waals surface area (Å²) >= 11 is 0. The van der Waals surface area contributed by atoms with Crippen molar-refractivity contribution in [2.75, 3.05) is 0 Å². The summed E-state index contributed by atoms with van der Waals surface area (Å²) in [4.78, 5) is 276. The van der Waals surface area contributed by atoms with Crippen LogP contribution < -0.4 is 138 Å². The van der Waals surface area contributed by atoms with Gasteiger partial charge in [-0.1, -0.05) is 0 Å². The first-order valence-corrected chi connectivity index (χ1v) is 67.1. The average molecular weight is 2490 g/mol. The van der Waals surface area contributed by atoms with Gasteiger partial charge in [-0.25, -0.2) is 140 Å². The minimum Gasteiger partial charge on any atom is -0.756 e. The van der Waals surface area contributed by atoms with Crippen LogP contribution in [0.25, 0.3) is 0 Å². The molecule has 124 heavy (non-hydrogen) atoms. The van der Waals surface area contributed by atoms with Crippen molar-refractivity contribution in [1.29, 1.82) is 0 Å². The van der Waals surface area contributed by atoms with Gasteiger partial charge in [-0.05, 0) is 0 Å². The third-order valence-corrected chi connectivity index (χ3v) is 55.5. The summed E-state index contributed by atoms with van der Waals surface area (Å²) in [7, 11) is -185. The second-order valence-electron chi connectivity index (χ2n) is 16.4. The van der Waals surface area contributed by atoms with Crippen LogP contribution in [0.1, 0.15) is 0 Å². The summed E-state index contributed by atoms with van der Waals surface area (Å²) in [5.74, 6) is 0. The molecule has 0 aromatic carbocycles. The van der Waals surface area contributed by atoms with Crippen LogP contribution in [-0.2, 0) is 266 Å². The minimum atomic E-state index is -6.51. The molecule has 0 aromatic rings. The van der Waals surface area contributed by atoms with Crippen LogP contribution in [0.15, 0.2) is 0 Å². The summed E-state index contributed by atoms with van der Waals surface area (Å²) in [6, 6.07) is 0. The van der Waals surface area contributed by atoms with Crippen LogP contribution in [0, 0.1) is 0 Å². The predicted octanol–water partition coefficient (Wildman–Crippen LogP) is -11.0. The first-order chi connectivity index (χ1) is 51.2. The van der Waals surface area contributed by atoms with Crippen LogP contribution in [0.4, 0.5) is 0 Å². The van der Waals surface area contributed by atoms with E-state index >= 15 is 0 Å². The standard InChI is InChI=1S/4Na.5H6O18P6/c;;;;5*1-19(2)13-20(3,4)15-22(7,8)17-24(11,12)18-23(9,10)16-21(5,6)14-19/h;;;;5*(H,1,2)(H,3,4)(H,5,6)(H,7,8)(H,9,10)(H,11,12)/q4*+1;;;;;/p-4. The summed E-state index contributed by atoms with van der Waals surface area (Å²) in [5, 5.41) is 0. The molecule has 0 aliphatic carbocycles. The fourth-order valence-electron chi connectivity index (χ4n) is 4.33. The van der Waals surface area contributed by atoms with Crippen molar-refractivity contribution < 1.29 is 531 Å². The second kappa shape index (κ2) is 46.9. The molecule has 26 N–H and O–H groups in total. The monoisotopic (exact) mass is 2490 g/mol. The largest absolute Gasteiger partial charge is 1.00 e. The Morgan fingerprint density at radius 3 is 0.194 bits per heavy atom. The fraction of sp³-hybridized carbons (Fsp3) is 0. The van der Waals surface area contributed by atoms with Gasteiger partial charge in [-0.3, -0.25) is 18.3 Å². The van der Waals surface area contributed by atoms with E-state index in [0.29, 0.717) is 0 Å². The van der Waals surface area contributed by atoms with E-state index in [2.05, 4.69) is 129 Å². The number of hydrogen-bond acceptors (Lipinski definition) is 64. The minimum absolute atomic E-state index is 0. The molecule has 5 heterocycles. The molecule has 124 heteroatoms. The molecule has 0 saturated carbocycles. The Balaban J connectivity index is -0.000000720. The summed E-state index contributed by atoms with van der Waals surface area (Å²) in [5.41, 5.74) is 0. The zero-order valence-corrected chi connectivity index (χ0v) is 90.0. The van der Waals surface area contributed by atoms with Crippen LogP contribution in [-0.4, -0.2) is 127 Å². The predicted molar refractivity (Wildman–Crippen MR) is 318 cm³/mol. The van der Waals surface area contributed by atoms with E-state index in [1.165, 1.54) is 0 Å². The molecule has 0 aromatic heterocycles. The van der Waals surface area contributed by atoms with Gasteiger partial charge < -0.3 is 147 Å². The molecule has 0 spiro atoms. The molecule has 90 nitrogen and oxygen atoms in total. The molecule has 5 fully saturated rings. The number of phosphoric acid groups is 30. The fourth-order valence-corrected chi connectivity index (χ4v) is 47.0. The summed E-state index contributed by atoms with van der Waals surface area (Å²) in [6.45, 7) is 0. The van der Waals surface area contributed by atoms with Crippen molar-refractivity contribution >= 4 is 235 Å². The molecule has 6 unspecified atom stereocenters. The van der Waals surface area contributed by atoms with Crippen molar-refractivity contribution in [3.05, 3.63) is 0 Å². The van der Waals surface area contributed by atoms with Gasteiger partial charge >= 0.3 is 322 Å². The molecule has 5 rings (SSSR count). The van der Waals surface area contributed by atoms with Crippen molar-refractivity contribution in [3.8, 4) is 0 Å². The number of rotatable bonds is 0. The second-order valence-corrected chi connectivity index (χ2v) is 64.0. The van der Waals surface area contributed by atoms with Crippen LogP contribution in [0.3, 0.4) is 0 Å². The third-order valence-electron chi connectivity index (χ3n) is 6.17. The Hall–Kier alpha value is 8.50. The molecule has 0 bridgehead atoms. The zero-order chi connectivity index (χ0) is 96.2. The van der Waals surface area contributed by atoms with E-state index in [1.807, 2.05) is 0 Å². The topological polar surface area (TPSA) is 1410 Å². The van der Waals surface area contributed by atoms with Gasteiger partial charge in [0.15, 0.2) is 0 Å². The molecule has 720 valence electrons. The van der Waals surface area contributed by atoms with Gasteiger partial charge in [0, 0.05) is 0 Å². The van der Waals surface area contributed by atoms with Gasteiger partial charge in [0.25, 0.3) is 31.3 Å². The van der Waals surface area contributed by atoms with Gasteiger partial charge in [0.1, 0.15) is 0 Å². The molecule has 5 aliphatic rings. The van der Waals surface area contributed by atoms with Crippen molar-refractivity contribution in [3.63, 3.8) is 0 Å². The van der Waals surface area contributed by atoms with Crippen molar-refractivity contribution in [2.24, 2.45) is 0 Å². The maximum Gasteiger partial charge on any atom is 1.00 e. The Kier molecular flexibility index (Phi) is 52.5. The zero-order valence-electron chi connectivity index (χ0n) is 55.2. The van der Waals surface area contributed by atoms with E-state index in [4.69, 9.17) is 127 Å². The Labute approximate surface area is 759 Å². The van der Waals surface area contributed by atoms with Crippen molar-refractivity contribution in [2.45, 2.75) is 0 Å². The SMILES string of the molecule is O=P1(O)OP(=O)(O)OP(=O)(O)OP(=O)(O)OP(=O)(O)OP(=O)(O)O1.O=P1(O)OP(=O)(O)OP(=O)(O)OP(=O)(O)OP(=O)(O)OP(=O)(O)O1.O=P1(O)OP(=O)(O)OP(=O)(O)OP(=O)(O)OP(=O)(O)OP(=O)(O)O1.O=P1(O)OP(=O)(O)OP(=O)(O)OP(=O)(O)OP(=O)(O)OP(=O)(O)O1.O=P1([O-])OP(=O)([O-])OP(=O)([O-])OP(=O)(O)OP(=O)(O)OP(=O)([O-])O1.[Na+].[Na+].[Na+].[Na+]. The summed E-state index contributed by atoms with van der Waals surface area (Å²) < 4.78 is 432. The maximum absolute atomic E-state index is 11.2. The first-order valence-electron chi connectivity index (χ1n) is 22.4. The van der Waals surface area contributed by atoms with Crippen LogP contribution in [0.2, 0.25) is 0 Å². The molecular formula is H26Na4O90P30.